The van der Waals surface area contributed by atoms with Crippen LogP contribution in [0.3, 0.4) is 0 Å². The lowest BCUT2D eigenvalue weighted by atomic mass is 10.1. The lowest BCUT2D eigenvalue weighted by Gasteiger charge is -2.08. The van der Waals surface area contributed by atoms with E-state index in [-0.39, 0.29) is 5.91 Å². The summed E-state index contributed by atoms with van der Waals surface area (Å²) < 4.78 is 7.62. The van der Waals surface area contributed by atoms with E-state index < -0.39 is 0 Å². The highest BCUT2D eigenvalue weighted by Gasteiger charge is 2.14. The van der Waals surface area contributed by atoms with Gasteiger partial charge < -0.3 is 14.6 Å². The number of rotatable bonds is 5. The Morgan fingerprint density at radius 1 is 1.08 bits per heavy atom. The van der Waals surface area contributed by atoms with E-state index in [2.05, 4.69) is 46.4 Å². The molecule has 0 spiro atoms. The number of aromatic nitrogens is 1. The Kier molecular flexibility index (Phi) is 4.05. The number of hydrogen-bond donors (Lipinski definition) is 1. The summed E-state index contributed by atoms with van der Waals surface area (Å²) >= 11 is 0. The molecular weight excluding hydrogens is 300 g/mol. The van der Waals surface area contributed by atoms with Crippen LogP contribution in [0.1, 0.15) is 27.9 Å². The van der Waals surface area contributed by atoms with Crippen LogP contribution in [0.2, 0.25) is 0 Å². The second-order valence-electron chi connectivity index (χ2n) is 6.15. The van der Waals surface area contributed by atoms with Crippen LogP contribution in [-0.4, -0.2) is 17.0 Å². The maximum Gasteiger partial charge on any atom is 0.251 e. The van der Waals surface area contributed by atoms with Crippen molar-refractivity contribution in [1.82, 2.24) is 9.88 Å². The molecule has 0 bridgehead atoms. The molecule has 122 valence electrons. The van der Waals surface area contributed by atoms with Crippen molar-refractivity contribution in [1.29, 1.82) is 0 Å². The maximum atomic E-state index is 12.3. The van der Waals surface area contributed by atoms with E-state index >= 15 is 0 Å². The fourth-order valence-corrected chi connectivity index (χ4v) is 3.20. The SMILES string of the molecule is O=C(NCCCn1ccc2ccccc21)c1ccc2c(c1)COC2. The van der Waals surface area contributed by atoms with Gasteiger partial charge in [0.05, 0.1) is 13.2 Å². The van der Waals surface area contributed by atoms with Crippen molar-refractivity contribution in [3.63, 3.8) is 0 Å². The molecule has 0 aliphatic carbocycles. The van der Waals surface area contributed by atoms with Gasteiger partial charge in [0.1, 0.15) is 0 Å². The van der Waals surface area contributed by atoms with Crippen molar-refractivity contribution in [3.8, 4) is 0 Å². The van der Waals surface area contributed by atoms with Crippen LogP contribution in [-0.2, 0) is 24.5 Å². The standard InChI is InChI=1S/C20H20N2O2/c23-20(16-6-7-17-13-24-14-18(17)12-16)21-9-3-10-22-11-8-15-4-1-2-5-19(15)22/h1-2,4-8,11-12H,3,9-10,13-14H2,(H,21,23). The molecular formula is C20H20N2O2. The van der Waals surface area contributed by atoms with E-state index in [4.69, 9.17) is 4.74 Å². The van der Waals surface area contributed by atoms with Gasteiger partial charge in [-0.25, -0.2) is 0 Å². The largest absolute Gasteiger partial charge is 0.372 e. The zero-order chi connectivity index (χ0) is 16.4. The molecule has 1 amide bonds. The molecule has 1 aromatic heterocycles. The fraction of sp³-hybridized carbons (Fsp3) is 0.250. The van der Waals surface area contributed by atoms with Crippen LogP contribution in [0.4, 0.5) is 0 Å². The van der Waals surface area contributed by atoms with E-state index in [0.717, 1.165) is 18.5 Å². The van der Waals surface area contributed by atoms with Crippen molar-refractivity contribution in [2.75, 3.05) is 6.54 Å². The summed E-state index contributed by atoms with van der Waals surface area (Å²) in [5.41, 5.74) is 4.26. The third kappa shape index (κ3) is 2.93. The number of nitrogens with one attached hydrogen (secondary N) is 1. The summed E-state index contributed by atoms with van der Waals surface area (Å²) in [5.74, 6) is -0.0120. The van der Waals surface area contributed by atoms with Gasteiger partial charge in [-0.2, -0.15) is 0 Å². The smallest absolute Gasteiger partial charge is 0.251 e. The first-order valence-corrected chi connectivity index (χ1v) is 8.33. The van der Waals surface area contributed by atoms with Crippen LogP contribution in [0.25, 0.3) is 10.9 Å². The van der Waals surface area contributed by atoms with Gasteiger partial charge in [-0.1, -0.05) is 24.3 Å². The summed E-state index contributed by atoms with van der Waals surface area (Å²) in [6.07, 6.45) is 3.01. The molecule has 24 heavy (non-hydrogen) atoms. The van der Waals surface area contributed by atoms with E-state index in [1.807, 2.05) is 18.2 Å². The molecule has 0 saturated heterocycles. The van der Waals surface area contributed by atoms with Crippen LogP contribution in [0.15, 0.2) is 54.7 Å². The molecule has 4 nitrogen and oxygen atoms in total. The predicted octanol–water partition coefficient (Wildman–Crippen LogP) is 3.49. The molecule has 0 unspecified atom stereocenters. The Bertz CT molecular complexity index is 882. The minimum Gasteiger partial charge on any atom is -0.372 e. The summed E-state index contributed by atoms with van der Waals surface area (Å²) in [6, 6.07) is 16.3. The summed E-state index contributed by atoms with van der Waals surface area (Å²) in [6.45, 7) is 2.82. The van der Waals surface area contributed by atoms with E-state index in [9.17, 15) is 4.79 Å². The zero-order valence-corrected chi connectivity index (χ0v) is 13.5. The van der Waals surface area contributed by atoms with Gasteiger partial charge in [-0.15, -0.1) is 0 Å². The Labute approximate surface area is 141 Å². The average molecular weight is 320 g/mol. The number of para-hydroxylation sites is 1. The normalized spacial score (nSPS) is 13.2. The van der Waals surface area contributed by atoms with Gasteiger partial charge in [0.2, 0.25) is 0 Å². The number of hydrogen-bond acceptors (Lipinski definition) is 2. The summed E-state index contributed by atoms with van der Waals surface area (Å²) in [5, 5.41) is 4.26. The quantitative estimate of drug-likeness (QED) is 0.731. The number of aryl methyl sites for hydroxylation is 1. The third-order valence-electron chi connectivity index (χ3n) is 4.53. The summed E-state index contributed by atoms with van der Waals surface area (Å²) in [4.78, 5) is 12.3. The van der Waals surface area contributed by atoms with Crippen molar-refractivity contribution in [2.45, 2.75) is 26.2 Å². The number of fused-ring (bicyclic) bond motifs is 2. The number of carbonyl (C=O) groups is 1. The van der Waals surface area contributed by atoms with Gasteiger partial charge >= 0.3 is 0 Å². The molecule has 4 heteroatoms. The first-order valence-electron chi connectivity index (χ1n) is 8.33. The maximum absolute atomic E-state index is 12.3. The molecule has 1 aliphatic heterocycles. The lowest BCUT2D eigenvalue weighted by molar-refractivity contribution is 0.0952. The zero-order valence-electron chi connectivity index (χ0n) is 13.5. The van der Waals surface area contributed by atoms with Gasteiger partial charge in [-0.05, 0) is 47.2 Å². The molecule has 0 fully saturated rings. The number of carbonyl (C=O) groups excluding carboxylic acids is 1. The molecule has 2 heterocycles. The highest BCUT2D eigenvalue weighted by atomic mass is 16.5. The molecule has 0 saturated carbocycles. The van der Waals surface area contributed by atoms with Crippen molar-refractivity contribution < 1.29 is 9.53 Å². The summed E-state index contributed by atoms with van der Waals surface area (Å²) in [7, 11) is 0. The number of amides is 1. The van der Waals surface area contributed by atoms with Crippen LogP contribution in [0.5, 0.6) is 0 Å². The first-order chi connectivity index (χ1) is 11.8. The van der Waals surface area contributed by atoms with Gasteiger partial charge in [0.25, 0.3) is 5.91 Å². The minimum atomic E-state index is -0.0120. The van der Waals surface area contributed by atoms with Gasteiger partial charge in [-0.3, -0.25) is 4.79 Å². The Hall–Kier alpha value is -2.59. The fourth-order valence-electron chi connectivity index (χ4n) is 3.20. The van der Waals surface area contributed by atoms with E-state index in [0.29, 0.717) is 25.3 Å². The van der Waals surface area contributed by atoms with Crippen LogP contribution < -0.4 is 5.32 Å². The van der Waals surface area contributed by atoms with Crippen molar-refractivity contribution in [3.05, 3.63) is 71.4 Å². The lowest BCUT2D eigenvalue weighted by Crippen LogP contribution is -2.25. The second kappa shape index (κ2) is 6.49. The van der Waals surface area contributed by atoms with E-state index in [1.54, 1.807) is 0 Å². The number of ether oxygens (including phenoxy) is 1. The molecule has 4 rings (SSSR count). The highest BCUT2D eigenvalue weighted by Crippen LogP contribution is 2.20. The molecule has 1 aliphatic rings. The average Bonchev–Trinajstić information content (AvgIpc) is 3.24. The molecule has 2 aromatic carbocycles. The number of benzene rings is 2. The van der Waals surface area contributed by atoms with Crippen molar-refractivity contribution >= 4 is 16.8 Å². The van der Waals surface area contributed by atoms with Crippen LogP contribution in [0, 0.1) is 0 Å². The molecule has 0 atom stereocenters. The predicted molar refractivity (Wildman–Crippen MR) is 93.8 cm³/mol. The molecule has 1 N–H and O–H groups in total. The Morgan fingerprint density at radius 2 is 1.96 bits per heavy atom. The minimum absolute atomic E-state index is 0.0120. The monoisotopic (exact) mass is 320 g/mol. The first kappa shape index (κ1) is 15.0. The molecule has 0 radical (unpaired) electrons. The topological polar surface area (TPSA) is 43.3 Å². The Morgan fingerprint density at radius 3 is 2.92 bits per heavy atom. The molecule has 3 aromatic rings. The van der Waals surface area contributed by atoms with Crippen LogP contribution >= 0.6 is 0 Å². The highest BCUT2D eigenvalue weighted by molar-refractivity contribution is 5.94. The van der Waals surface area contributed by atoms with Gasteiger partial charge in [0.15, 0.2) is 0 Å². The Balaban J connectivity index is 1.32. The number of nitrogens with zero attached hydrogens (tertiary/aromatic N) is 1. The van der Waals surface area contributed by atoms with E-state index in [1.165, 1.54) is 16.5 Å². The second-order valence-corrected chi connectivity index (χ2v) is 6.15. The third-order valence-corrected chi connectivity index (χ3v) is 4.53. The van der Waals surface area contributed by atoms with Gasteiger partial charge in [0, 0.05) is 30.4 Å². The van der Waals surface area contributed by atoms with Crippen molar-refractivity contribution in [2.24, 2.45) is 0 Å².